The van der Waals surface area contributed by atoms with Crippen molar-refractivity contribution in [3.8, 4) is 5.75 Å². The van der Waals surface area contributed by atoms with Gasteiger partial charge in [-0.1, -0.05) is 6.92 Å². The predicted octanol–water partition coefficient (Wildman–Crippen LogP) is 2.48. The van der Waals surface area contributed by atoms with E-state index >= 15 is 0 Å². The Labute approximate surface area is 102 Å². The van der Waals surface area contributed by atoms with Crippen molar-refractivity contribution in [3.63, 3.8) is 0 Å². The first-order chi connectivity index (χ1) is 8.15. The third kappa shape index (κ3) is 5.15. The van der Waals surface area contributed by atoms with Gasteiger partial charge in [-0.3, -0.25) is 0 Å². The van der Waals surface area contributed by atoms with E-state index in [4.69, 9.17) is 15.2 Å². The van der Waals surface area contributed by atoms with Crippen LogP contribution in [-0.4, -0.2) is 19.4 Å². The lowest BCUT2D eigenvalue weighted by atomic mass is 10.0. The molecule has 0 radical (unpaired) electrons. The van der Waals surface area contributed by atoms with Crippen molar-refractivity contribution < 1.29 is 13.9 Å². The molecule has 0 saturated heterocycles. The molecule has 0 aromatic heterocycles. The molecule has 96 valence electrons. The predicted molar refractivity (Wildman–Crippen MR) is 65.5 cm³/mol. The summed E-state index contributed by atoms with van der Waals surface area (Å²) in [6, 6.07) is 4.69. The highest BCUT2D eigenvalue weighted by Crippen LogP contribution is 2.18. The molecule has 0 bridgehead atoms. The van der Waals surface area contributed by atoms with Gasteiger partial charge in [0.15, 0.2) is 6.79 Å². The van der Waals surface area contributed by atoms with E-state index in [0.29, 0.717) is 18.8 Å². The van der Waals surface area contributed by atoms with Gasteiger partial charge in [0, 0.05) is 18.7 Å². The number of ether oxygens (including phenoxy) is 2. The van der Waals surface area contributed by atoms with Gasteiger partial charge in [0.05, 0.1) is 0 Å². The number of hydrogen-bond acceptors (Lipinski definition) is 3. The van der Waals surface area contributed by atoms with Crippen molar-refractivity contribution in [2.24, 2.45) is 5.73 Å². The van der Waals surface area contributed by atoms with Crippen molar-refractivity contribution in [2.75, 3.05) is 13.4 Å². The summed E-state index contributed by atoms with van der Waals surface area (Å²) in [5, 5.41) is 0. The van der Waals surface area contributed by atoms with Crippen LogP contribution < -0.4 is 10.5 Å². The smallest absolute Gasteiger partial charge is 0.189 e. The average Bonchev–Trinajstić information content (AvgIpc) is 2.28. The quantitative estimate of drug-likeness (QED) is 0.589. The second kappa shape index (κ2) is 7.25. The lowest BCUT2D eigenvalue weighted by molar-refractivity contribution is 0.0222. The molecule has 1 aromatic rings. The molecular formula is C13H20FNO2. The molecule has 0 amide bonds. The molecular weight excluding hydrogens is 221 g/mol. The molecule has 0 aliphatic carbocycles. The third-order valence-corrected chi connectivity index (χ3v) is 2.47. The van der Waals surface area contributed by atoms with Crippen molar-refractivity contribution in [2.45, 2.75) is 32.7 Å². The Morgan fingerprint density at radius 2 is 2.06 bits per heavy atom. The fraction of sp³-hybridized carbons (Fsp3) is 0.538. The summed E-state index contributed by atoms with van der Waals surface area (Å²) >= 11 is 0. The Morgan fingerprint density at radius 3 is 2.71 bits per heavy atom. The van der Waals surface area contributed by atoms with Crippen LogP contribution in [0.2, 0.25) is 0 Å². The van der Waals surface area contributed by atoms with E-state index in [1.165, 1.54) is 12.1 Å². The molecule has 1 atom stereocenters. The summed E-state index contributed by atoms with van der Waals surface area (Å²) in [6.07, 6.45) is 1.52. The fourth-order valence-electron chi connectivity index (χ4n) is 1.46. The highest BCUT2D eigenvalue weighted by molar-refractivity contribution is 5.30. The summed E-state index contributed by atoms with van der Waals surface area (Å²) < 4.78 is 23.7. The van der Waals surface area contributed by atoms with Gasteiger partial charge < -0.3 is 15.2 Å². The third-order valence-electron chi connectivity index (χ3n) is 2.47. The normalized spacial score (nSPS) is 12.5. The highest BCUT2D eigenvalue weighted by Gasteiger charge is 2.06. The molecule has 1 aromatic carbocycles. The van der Waals surface area contributed by atoms with Crippen molar-refractivity contribution in [1.29, 1.82) is 0 Å². The topological polar surface area (TPSA) is 44.5 Å². The summed E-state index contributed by atoms with van der Waals surface area (Å²) in [7, 11) is 0. The first-order valence-corrected chi connectivity index (χ1v) is 5.91. The van der Waals surface area contributed by atoms with Crippen molar-refractivity contribution in [1.82, 2.24) is 0 Å². The van der Waals surface area contributed by atoms with Crippen LogP contribution in [-0.2, 0) is 11.2 Å². The van der Waals surface area contributed by atoms with E-state index in [-0.39, 0.29) is 18.7 Å². The zero-order chi connectivity index (χ0) is 12.7. The highest BCUT2D eigenvalue weighted by atomic mass is 19.1. The maximum absolute atomic E-state index is 13.3. The Balaban J connectivity index is 2.65. The number of halogens is 1. The van der Waals surface area contributed by atoms with Gasteiger partial charge in [0.2, 0.25) is 0 Å². The summed E-state index contributed by atoms with van der Waals surface area (Å²) in [6.45, 7) is 4.60. The molecule has 0 aliphatic heterocycles. The molecule has 0 aliphatic rings. The maximum atomic E-state index is 13.3. The lowest BCUT2D eigenvalue weighted by Crippen LogP contribution is -2.21. The van der Waals surface area contributed by atoms with Crippen LogP contribution in [0.3, 0.4) is 0 Å². The Kier molecular flexibility index (Phi) is 5.94. The number of nitrogens with two attached hydrogens (primary N) is 1. The van der Waals surface area contributed by atoms with Gasteiger partial charge in [-0.05, 0) is 37.5 Å². The minimum atomic E-state index is -0.308. The van der Waals surface area contributed by atoms with Gasteiger partial charge in [-0.2, -0.15) is 0 Å². The summed E-state index contributed by atoms with van der Waals surface area (Å²) in [4.78, 5) is 0. The number of rotatable bonds is 7. The Bertz CT molecular complexity index is 344. The Hall–Kier alpha value is -1.13. The zero-order valence-electron chi connectivity index (χ0n) is 10.4. The molecule has 1 unspecified atom stereocenters. The van der Waals surface area contributed by atoms with Crippen LogP contribution in [0.1, 0.15) is 25.8 Å². The second-order valence-electron chi connectivity index (χ2n) is 3.92. The largest absolute Gasteiger partial charge is 0.467 e. The standard InChI is InChI=1S/C13H20FNO2/c1-3-12(15)6-10-5-11(14)8-13(7-10)17-9-16-4-2/h5,7-8,12H,3-4,6,9,15H2,1-2H3. The van der Waals surface area contributed by atoms with Crippen LogP contribution >= 0.6 is 0 Å². The van der Waals surface area contributed by atoms with Gasteiger partial charge in [0.25, 0.3) is 0 Å². The molecule has 2 N–H and O–H groups in total. The van der Waals surface area contributed by atoms with Crippen molar-refractivity contribution in [3.05, 3.63) is 29.6 Å². The van der Waals surface area contributed by atoms with Gasteiger partial charge >= 0.3 is 0 Å². The Morgan fingerprint density at radius 1 is 1.29 bits per heavy atom. The molecule has 3 nitrogen and oxygen atoms in total. The molecule has 1 rings (SSSR count). The average molecular weight is 241 g/mol. The van der Waals surface area contributed by atoms with E-state index in [2.05, 4.69) is 0 Å². The van der Waals surface area contributed by atoms with E-state index in [1.54, 1.807) is 6.07 Å². The summed E-state index contributed by atoms with van der Waals surface area (Å²) in [5.41, 5.74) is 6.69. The first-order valence-electron chi connectivity index (χ1n) is 5.91. The maximum Gasteiger partial charge on any atom is 0.189 e. The summed E-state index contributed by atoms with van der Waals surface area (Å²) in [5.74, 6) is 0.175. The monoisotopic (exact) mass is 241 g/mol. The minimum Gasteiger partial charge on any atom is -0.467 e. The zero-order valence-corrected chi connectivity index (χ0v) is 10.4. The second-order valence-corrected chi connectivity index (χ2v) is 3.92. The fourth-order valence-corrected chi connectivity index (χ4v) is 1.46. The molecule has 4 heteroatoms. The van der Waals surface area contributed by atoms with Crippen LogP contribution in [0.4, 0.5) is 4.39 Å². The number of hydrogen-bond donors (Lipinski definition) is 1. The molecule has 0 heterocycles. The van der Waals surface area contributed by atoms with Crippen LogP contribution in [0, 0.1) is 5.82 Å². The van der Waals surface area contributed by atoms with Gasteiger partial charge in [0.1, 0.15) is 11.6 Å². The van der Waals surface area contributed by atoms with Crippen LogP contribution in [0.15, 0.2) is 18.2 Å². The molecule has 17 heavy (non-hydrogen) atoms. The lowest BCUT2D eigenvalue weighted by Gasteiger charge is -2.11. The van der Waals surface area contributed by atoms with E-state index in [1.807, 2.05) is 13.8 Å². The molecule has 0 spiro atoms. The van der Waals surface area contributed by atoms with Gasteiger partial charge in [-0.25, -0.2) is 4.39 Å². The van der Waals surface area contributed by atoms with Crippen molar-refractivity contribution >= 4 is 0 Å². The SMILES string of the molecule is CCOCOc1cc(F)cc(CC(N)CC)c1. The van der Waals surface area contributed by atoms with E-state index in [0.717, 1.165) is 12.0 Å². The number of benzene rings is 1. The molecule has 0 saturated carbocycles. The van der Waals surface area contributed by atoms with E-state index in [9.17, 15) is 4.39 Å². The minimum absolute atomic E-state index is 0.0524. The van der Waals surface area contributed by atoms with Crippen LogP contribution in [0.5, 0.6) is 5.75 Å². The van der Waals surface area contributed by atoms with Gasteiger partial charge in [-0.15, -0.1) is 0 Å². The first kappa shape index (κ1) is 13.9. The van der Waals surface area contributed by atoms with Crippen LogP contribution in [0.25, 0.3) is 0 Å². The molecule has 0 fully saturated rings. The van der Waals surface area contributed by atoms with E-state index < -0.39 is 0 Å².